The summed E-state index contributed by atoms with van der Waals surface area (Å²) < 4.78 is 48.1. The van der Waals surface area contributed by atoms with Gasteiger partial charge in [-0.3, -0.25) is 0 Å². The van der Waals surface area contributed by atoms with Crippen molar-refractivity contribution in [2.45, 2.75) is 0 Å². The Bertz CT molecular complexity index is 619. The fraction of sp³-hybridized carbons (Fsp3) is 0.167. The van der Waals surface area contributed by atoms with Crippen LogP contribution in [0.15, 0.2) is 22.3 Å². The zero-order valence-corrected chi connectivity index (χ0v) is 12.4. The lowest BCUT2D eigenvalue weighted by Crippen LogP contribution is -2.17. The first-order valence-electron chi connectivity index (χ1n) is 5.29. The average Bonchev–Trinajstić information content (AvgIpc) is 2.46. The molecule has 1 aromatic rings. The van der Waals surface area contributed by atoms with Gasteiger partial charge in [0.1, 0.15) is 5.70 Å². The SMILES string of the molecule is COC(=O)/C=C(/Nc1c(F)cc(F)c(F)c1Br)C(=O)OC. The third kappa shape index (κ3) is 3.97. The van der Waals surface area contributed by atoms with Gasteiger partial charge in [0, 0.05) is 6.07 Å². The highest BCUT2D eigenvalue weighted by Crippen LogP contribution is 2.31. The standard InChI is InChI=1S/C12H9BrF3NO4/c1-20-8(18)4-7(12(19)21-2)17-11-6(15)3-5(14)10(16)9(11)13/h3-4,17H,1-2H3/b7-4+. The van der Waals surface area contributed by atoms with Gasteiger partial charge in [-0.1, -0.05) is 0 Å². The number of anilines is 1. The molecule has 0 aliphatic carbocycles. The van der Waals surface area contributed by atoms with Gasteiger partial charge in [0.15, 0.2) is 17.5 Å². The molecule has 0 spiro atoms. The molecule has 0 fully saturated rings. The van der Waals surface area contributed by atoms with Gasteiger partial charge in [-0.05, 0) is 15.9 Å². The third-order valence-electron chi connectivity index (χ3n) is 2.24. The van der Waals surface area contributed by atoms with Gasteiger partial charge in [-0.15, -0.1) is 0 Å². The van der Waals surface area contributed by atoms with Crippen LogP contribution in [0, 0.1) is 17.5 Å². The first-order valence-corrected chi connectivity index (χ1v) is 6.09. The van der Waals surface area contributed by atoms with Crippen LogP contribution in [-0.2, 0) is 19.1 Å². The first-order chi connectivity index (χ1) is 9.81. The molecule has 1 N–H and O–H groups in total. The molecule has 21 heavy (non-hydrogen) atoms. The minimum atomic E-state index is -1.42. The largest absolute Gasteiger partial charge is 0.466 e. The highest BCUT2D eigenvalue weighted by molar-refractivity contribution is 9.10. The van der Waals surface area contributed by atoms with Gasteiger partial charge in [0.05, 0.1) is 30.5 Å². The summed E-state index contributed by atoms with van der Waals surface area (Å²) in [6.45, 7) is 0. The van der Waals surface area contributed by atoms with Crippen molar-refractivity contribution in [2.75, 3.05) is 19.5 Å². The second-order valence-corrected chi connectivity index (χ2v) is 4.33. The molecule has 0 atom stereocenters. The highest BCUT2D eigenvalue weighted by Gasteiger charge is 2.21. The number of benzene rings is 1. The Labute approximate surface area is 125 Å². The molecule has 0 aliphatic rings. The van der Waals surface area contributed by atoms with Crippen LogP contribution in [0.2, 0.25) is 0 Å². The number of nitrogens with one attached hydrogen (secondary N) is 1. The minimum absolute atomic E-state index is 0.287. The van der Waals surface area contributed by atoms with E-state index in [-0.39, 0.29) is 6.07 Å². The zero-order valence-electron chi connectivity index (χ0n) is 10.8. The van der Waals surface area contributed by atoms with E-state index in [0.29, 0.717) is 6.08 Å². The predicted octanol–water partition coefficient (Wildman–Crippen LogP) is 2.51. The van der Waals surface area contributed by atoms with Crippen LogP contribution >= 0.6 is 15.9 Å². The summed E-state index contributed by atoms with van der Waals surface area (Å²) in [5.41, 5.74) is -1.09. The van der Waals surface area contributed by atoms with Gasteiger partial charge < -0.3 is 14.8 Å². The highest BCUT2D eigenvalue weighted by atomic mass is 79.9. The molecule has 0 bridgehead atoms. The number of carbonyl (C=O) groups is 2. The van der Waals surface area contributed by atoms with E-state index >= 15 is 0 Å². The smallest absolute Gasteiger partial charge is 0.354 e. The maximum absolute atomic E-state index is 13.6. The number of hydrogen-bond acceptors (Lipinski definition) is 5. The normalized spacial score (nSPS) is 11.0. The van der Waals surface area contributed by atoms with Crippen LogP contribution < -0.4 is 5.32 Å². The molecule has 0 aromatic heterocycles. The molecule has 0 amide bonds. The van der Waals surface area contributed by atoms with E-state index in [9.17, 15) is 22.8 Å². The van der Waals surface area contributed by atoms with E-state index in [0.717, 1.165) is 14.2 Å². The van der Waals surface area contributed by atoms with E-state index in [1.807, 2.05) is 0 Å². The van der Waals surface area contributed by atoms with E-state index in [2.05, 4.69) is 30.7 Å². The van der Waals surface area contributed by atoms with Crippen LogP contribution in [0.25, 0.3) is 0 Å². The van der Waals surface area contributed by atoms with Gasteiger partial charge in [-0.2, -0.15) is 0 Å². The van der Waals surface area contributed by atoms with E-state index in [1.165, 1.54) is 0 Å². The van der Waals surface area contributed by atoms with Crippen LogP contribution in [0.3, 0.4) is 0 Å². The van der Waals surface area contributed by atoms with Crippen LogP contribution in [0.5, 0.6) is 0 Å². The van der Waals surface area contributed by atoms with Crippen molar-refractivity contribution in [3.63, 3.8) is 0 Å². The fourth-order valence-electron chi connectivity index (χ4n) is 1.25. The Kier molecular flexibility index (Phi) is 5.77. The van der Waals surface area contributed by atoms with Crippen molar-refractivity contribution in [3.05, 3.63) is 39.8 Å². The molecular formula is C12H9BrF3NO4. The molecule has 1 aromatic carbocycles. The van der Waals surface area contributed by atoms with Gasteiger partial charge in [0.2, 0.25) is 0 Å². The molecule has 0 aliphatic heterocycles. The number of halogens is 4. The van der Waals surface area contributed by atoms with Crippen molar-refractivity contribution < 1.29 is 32.2 Å². The van der Waals surface area contributed by atoms with Gasteiger partial charge in [0.25, 0.3) is 0 Å². The monoisotopic (exact) mass is 367 g/mol. The number of ether oxygens (including phenoxy) is 2. The van der Waals surface area contributed by atoms with Crippen LogP contribution in [0.1, 0.15) is 0 Å². The Morgan fingerprint density at radius 2 is 1.81 bits per heavy atom. The second kappa shape index (κ2) is 7.11. The molecule has 0 heterocycles. The molecule has 0 radical (unpaired) electrons. The average molecular weight is 368 g/mol. The maximum atomic E-state index is 13.6. The van der Waals surface area contributed by atoms with Crippen molar-refractivity contribution in [1.82, 2.24) is 0 Å². The maximum Gasteiger partial charge on any atom is 0.354 e. The summed E-state index contributed by atoms with van der Waals surface area (Å²) in [5.74, 6) is -5.92. The molecule has 0 saturated carbocycles. The molecule has 1 rings (SSSR count). The lowest BCUT2D eigenvalue weighted by molar-refractivity contribution is -0.138. The second-order valence-electron chi connectivity index (χ2n) is 3.54. The number of rotatable bonds is 4. The van der Waals surface area contributed by atoms with Gasteiger partial charge >= 0.3 is 11.9 Å². The number of hydrogen-bond donors (Lipinski definition) is 1. The van der Waals surface area contributed by atoms with Crippen molar-refractivity contribution in [2.24, 2.45) is 0 Å². The molecule has 0 unspecified atom stereocenters. The summed E-state index contributed by atoms with van der Waals surface area (Å²) >= 11 is 2.65. The molecule has 0 saturated heterocycles. The fourth-order valence-corrected chi connectivity index (χ4v) is 1.73. The van der Waals surface area contributed by atoms with Crippen LogP contribution in [-0.4, -0.2) is 26.2 Å². The lowest BCUT2D eigenvalue weighted by atomic mass is 10.2. The Morgan fingerprint density at radius 1 is 1.19 bits per heavy atom. The van der Waals surface area contributed by atoms with E-state index in [4.69, 9.17) is 0 Å². The Balaban J connectivity index is 3.28. The lowest BCUT2D eigenvalue weighted by Gasteiger charge is -2.12. The topological polar surface area (TPSA) is 64.6 Å². The zero-order chi connectivity index (χ0) is 16.2. The summed E-state index contributed by atoms with van der Waals surface area (Å²) in [6, 6.07) is 0.287. The first kappa shape index (κ1) is 17.0. The summed E-state index contributed by atoms with van der Waals surface area (Å²) in [4.78, 5) is 22.6. The van der Waals surface area contributed by atoms with Crippen molar-refractivity contribution in [1.29, 1.82) is 0 Å². The Hall–Kier alpha value is -2.03. The number of carbonyl (C=O) groups excluding carboxylic acids is 2. The Morgan fingerprint density at radius 3 is 2.33 bits per heavy atom. The minimum Gasteiger partial charge on any atom is -0.466 e. The van der Waals surface area contributed by atoms with Gasteiger partial charge in [-0.25, -0.2) is 22.8 Å². The molecule has 114 valence electrons. The number of methoxy groups -OCH3 is 2. The van der Waals surface area contributed by atoms with E-state index < -0.39 is 45.2 Å². The summed E-state index contributed by atoms with van der Waals surface area (Å²) in [7, 11) is 2.08. The van der Waals surface area contributed by atoms with E-state index in [1.54, 1.807) is 0 Å². The van der Waals surface area contributed by atoms with Crippen LogP contribution in [0.4, 0.5) is 18.9 Å². The predicted molar refractivity (Wildman–Crippen MR) is 69.8 cm³/mol. The third-order valence-corrected chi connectivity index (χ3v) is 2.99. The van der Waals surface area contributed by atoms with Crippen molar-refractivity contribution in [3.8, 4) is 0 Å². The van der Waals surface area contributed by atoms with Crippen molar-refractivity contribution >= 4 is 33.6 Å². The quantitative estimate of drug-likeness (QED) is 0.383. The molecule has 5 nitrogen and oxygen atoms in total. The molecule has 9 heteroatoms. The summed E-state index contributed by atoms with van der Waals surface area (Å²) in [6.07, 6.45) is 0.680. The molecular weight excluding hydrogens is 359 g/mol. The number of esters is 2. The summed E-state index contributed by atoms with van der Waals surface area (Å²) in [5, 5.41) is 2.16.